The first-order chi connectivity index (χ1) is 8.99. The van der Waals surface area contributed by atoms with Gasteiger partial charge < -0.3 is 4.90 Å². The average Bonchev–Trinajstić information content (AvgIpc) is 2.39. The highest BCUT2D eigenvalue weighted by Gasteiger charge is 2.25. The summed E-state index contributed by atoms with van der Waals surface area (Å²) in [5, 5.41) is 10.6. The number of amides is 1. The quantitative estimate of drug-likeness (QED) is 0.458. The smallest absolute Gasteiger partial charge is 0.288 e. The molecule has 7 nitrogen and oxygen atoms in total. The summed E-state index contributed by atoms with van der Waals surface area (Å²) < 4.78 is 11.2. The van der Waals surface area contributed by atoms with E-state index < -0.39 is 21.6 Å². The Labute approximate surface area is 116 Å². The molecular formula is C10H10ClN3O4S. The molecule has 1 amide bonds. The first-order valence-electron chi connectivity index (χ1n) is 5.43. The number of hydrogen-bond acceptors (Lipinski definition) is 5. The van der Waals surface area contributed by atoms with E-state index in [1.54, 1.807) is 0 Å². The molecule has 0 aliphatic carbocycles. The molecule has 1 fully saturated rings. The molecule has 102 valence electrons. The second kappa shape index (κ2) is 5.62. The Morgan fingerprint density at radius 3 is 2.68 bits per heavy atom. The van der Waals surface area contributed by atoms with Crippen LogP contribution >= 0.6 is 11.6 Å². The van der Waals surface area contributed by atoms with Gasteiger partial charge in [-0.25, -0.2) is 4.98 Å². The number of hydrogen-bond donors (Lipinski definition) is 0. The van der Waals surface area contributed by atoms with Gasteiger partial charge in [0.1, 0.15) is 11.3 Å². The molecule has 19 heavy (non-hydrogen) atoms. The van der Waals surface area contributed by atoms with E-state index in [0.29, 0.717) is 24.6 Å². The van der Waals surface area contributed by atoms with Crippen LogP contribution in [0.15, 0.2) is 12.3 Å². The molecule has 0 radical (unpaired) electrons. The highest BCUT2D eigenvalue weighted by Crippen LogP contribution is 2.21. The van der Waals surface area contributed by atoms with Gasteiger partial charge in [0, 0.05) is 41.5 Å². The largest absolute Gasteiger partial charge is 0.337 e. The molecule has 0 unspecified atom stereocenters. The van der Waals surface area contributed by atoms with Gasteiger partial charge in [0.2, 0.25) is 0 Å². The van der Waals surface area contributed by atoms with Crippen molar-refractivity contribution < 1.29 is 13.9 Å². The van der Waals surface area contributed by atoms with E-state index in [9.17, 15) is 19.1 Å². The van der Waals surface area contributed by atoms with Crippen molar-refractivity contribution in [2.24, 2.45) is 0 Å². The third kappa shape index (κ3) is 3.07. The third-order valence-electron chi connectivity index (χ3n) is 2.73. The molecule has 0 saturated carbocycles. The number of halogens is 1. The molecule has 1 aliphatic rings. The van der Waals surface area contributed by atoms with Gasteiger partial charge in [-0.2, -0.15) is 0 Å². The number of nitrogens with zero attached hydrogens (tertiary/aromatic N) is 3. The summed E-state index contributed by atoms with van der Waals surface area (Å²) in [6, 6.07) is 1.11. The lowest BCUT2D eigenvalue weighted by Crippen LogP contribution is -2.41. The van der Waals surface area contributed by atoms with Gasteiger partial charge in [-0.05, 0) is 0 Å². The van der Waals surface area contributed by atoms with Gasteiger partial charge in [-0.15, -0.1) is 0 Å². The molecule has 0 spiro atoms. The second-order valence-electron chi connectivity index (χ2n) is 3.93. The maximum atomic E-state index is 12.2. The summed E-state index contributed by atoms with van der Waals surface area (Å²) in [7, 11) is -0.902. The topological polar surface area (TPSA) is 93.4 Å². The molecule has 0 aromatic carbocycles. The number of aromatic nitrogens is 1. The summed E-state index contributed by atoms with van der Waals surface area (Å²) in [5.41, 5.74) is -0.281. The van der Waals surface area contributed by atoms with Crippen LogP contribution < -0.4 is 0 Å². The van der Waals surface area contributed by atoms with E-state index in [4.69, 9.17) is 11.6 Å². The minimum atomic E-state index is -0.902. The Kier molecular flexibility index (Phi) is 4.11. The zero-order valence-electron chi connectivity index (χ0n) is 9.74. The molecule has 0 N–H and O–H groups in total. The molecule has 1 aromatic heterocycles. The van der Waals surface area contributed by atoms with Crippen LogP contribution in [0.2, 0.25) is 5.15 Å². The predicted molar refractivity (Wildman–Crippen MR) is 69.7 cm³/mol. The number of carbonyl (C=O) groups excluding carboxylic acids is 1. The maximum Gasteiger partial charge on any atom is 0.288 e. The lowest BCUT2D eigenvalue weighted by atomic mass is 10.2. The first kappa shape index (κ1) is 13.9. The number of rotatable bonds is 2. The first-order valence-corrected chi connectivity index (χ1v) is 7.30. The number of nitro groups is 1. The molecule has 1 aliphatic heterocycles. The maximum absolute atomic E-state index is 12.2. The normalized spacial score (nSPS) is 16.4. The van der Waals surface area contributed by atoms with Crippen molar-refractivity contribution >= 4 is 34.0 Å². The van der Waals surface area contributed by atoms with Crippen molar-refractivity contribution in [2.45, 2.75) is 0 Å². The standard InChI is InChI=1S/C10H10ClN3O4S/c11-9-8(5-7(6-12-9)14(16)17)10(15)13-1-3-19(18)4-2-13/h5-6H,1-4H2. The van der Waals surface area contributed by atoms with Gasteiger partial charge in [0.15, 0.2) is 0 Å². The SMILES string of the molecule is O=C(c1cc([N+](=O)[O-])cnc1Cl)N1CCS(=O)CC1. The minimum absolute atomic E-state index is 0.00329. The van der Waals surface area contributed by atoms with Crippen LogP contribution in [-0.2, 0) is 10.8 Å². The molecule has 1 saturated heterocycles. The highest BCUT2D eigenvalue weighted by atomic mass is 35.5. The second-order valence-corrected chi connectivity index (χ2v) is 5.98. The zero-order valence-corrected chi connectivity index (χ0v) is 11.3. The van der Waals surface area contributed by atoms with Crippen LogP contribution in [0.25, 0.3) is 0 Å². The van der Waals surface area contributed by atoms with Crippen LogP contribution in [0.3, 0.4) is 0 Å². The Morgan fingerprint density at radius 2 is 2.11 bits per heavy atom. The fourth-order valence-corrected chi connectivity index (χ4v) is 2.93. The third-order valence-corrected chi connectivity index (χ3v) is 4.31. The van der Waals surface area contributed by atoms with Crippen LogP contribution in [0, 0.1) is 10.1 Å². The van der Waals surface area contributed by atoms with Crippen LogP contribution in [0.5, 0.6) is 0 Å². The summed E-state index contributed by atoms with van der Waals surface area (Å²) in [6.45, 7) is 0.703. The Balaban J connectivity index is 2.25. The monoisotopic (exact) mass is 303 g/mol. The minimum Gasteiger partial charge on any atom is -0.337 e. The zero-order chi connectivity index (χ0) is 14.0. The van der Waals surface area contributed by atoms with Crippen molar-refractivity contribution in [1.29, 1.82) is 0 Å². The van der Waals surface area contributed by atoms with Crippen LogP contribution in [0.4, 0.5) is 5.69 Å². The molecular weight excluding hydrogens is 294 g/mol. The van der Waals surface area contributed by atoms with Gasteiger partial charge in [0.05, 0.1) is 10.5 Å². The van der Waals surface area contributed by atoms with Crippen molar-refractivity contribution in [2.75, 3.05) is 24.6 Å². The lowest BCUT2D eigenvalue weighted by Gasteiger charge is -2.26. The van der Waals surface area contributed by atoms with E-state index in [0.717, 1.165) is 12.3 Å². The molecule has 9 heteroatoms. The van der Waals surface area contributed by atoms with E-state index in [-0.39, 0.29) is 16.4 Å². The van der Waals surface area contributed by atoms with Gasteiger partial charge >= 0.3 is 0 Å². The van der Waals surface area contributed by atoms with Gasteiger partial charge in [-0.1, -0.05) is 11.6 Å². The van der Waals surface area contributed by atoms with Crippen molar-refractivity contribution in [1.82, 2.24) is 9.88 Å². The van der Waals surface area contributed by atoms with Crippen LogP contribution in [-0.4, -0.2) is 49.5 Å². The summed E-state index contributed by atoms with van der Waals surface area (Å²) in [5.74, 6) is 0.398. The fourth-order valence-electron chi connectivity index (χ4n) is 1.70. The number of pyridine rings is 1. The van der Waals surface area contributed by atoms with Crippen molar-refractivity contribution in [3.8, 4) is 0 Å². The Morgan fingerprint density at radius 1 is 1.47 bits per heavy atom. The molecule has 1 aromatic rings. The van der Waals surface area contributed by atoms with Gasteiger partial charge in [0.25, 0.3) is 11.6 Å². The fraction of sp³-hybridized carbons (Fsp3) is 0.400. The Hall–Kier alpha value is -1.54. The molecule has 2 rings (SSSR count). The van der Waals surface area contributed by atoms with E-state index in [2.05, 4.69) is 4.98 Å². The summed E-state index contributed by atoms with van der Waals surface area (Å²) in [4.78, 5) is 27.3. The average molecular weight is 304 g/mol. The van der Waals surface area contributed by atoms with E-state index >= 15 is 0 Å². The number of carbonyl (C=O) groups is 1. The lowest BCUT2D eigenvalue weighted by molar-refractivity contribution is -0.385. The van der Waals surface area contributed by atoms with Crippen molar-refractivity contribution in [3.05, 3.63) is 33.1 Å². The van der Waals surface area contributed by atoms with E-state index in [1.807, 2.05) is 0 Å². The van der Waals surface area contributed by atoms with E-state index in [1.165, 1.54) is 4.90 Å². The van der Waals surface area contributed by atoms with Crippen molar-refractivity contribution in [3.63, 3.8) is 0 Å². The molecule has 0 atom stereocenters. The predicted octanol–water partition coefficient (Wildman–Crippen LogP) is 0.848. The van der Waals surface area contributed by atoms with Gasteiger partial charge in [-0.3, -0.25) is 19.1 Å². The summed E-state index contributed by atoms with van der Waals surface area (Å²) in [6.07, 6.45) is 1.00. The highest BCUT2D eigenvalue weighted by molar-refractivity contribution is 7.85. The Bertz CT molecular complexity index is 556. The molecule has 0 bridgehead atoms. The summed E-state index contributed by atoms with van der Waals surface area (Å²) >= 11 is 5.80. The van der Waals surface area contributed by atoms with Crippen LogP contribution in [0.1, 0.15) is 10.4 Å². The molecule has 2 heterocycles.